The van der Waals surface area contributed by atoms with Crippen LogP contribution in [0.3, 0.4) is 0 Å². The van der Waals surface area contributed by atoms with E-state index < -0.39 is 22.9 Å². The number of likely N-dealkylation sites (tertiary alicyclic amines) is 1. The average Bonchev–Trinajstić information content (AvgIpc) is 3.34. The van der Waals surface area contributed by atoms with Gasteiger partial charge in [-0.1, -0.05) is 98.3 Å². The average molecular weight is 504 g/mol. The third kappa shape index (κ3) is 5.93. The van der Waals surface area contributed by atoms with E-state index in [-0.39, 0.29) is 6.61 Å². The molecule has 1 saturated heterocycles. The van der Waals surface area contributed by atoms with Gasteiger partial charge in [0, 0.05) is 6.54 Å². The molecule has 0 saturated carbocycles. The van der Waals surface area contributed by atoms with Crippen LogP contribution in [-0.2, 0) is 25.6 Å². The van der Waals surface area contributed by atoms with Crippen molar-refractivity contribution in [3.05, 3.63) is 96.1 Å². The van der Waals surface area contributed by atoms with Gasteiger partial charge in [0.1, 0.15) is 12.6 Å². The molecule has 1 aliphatic heterocycles. The van der Waals surface area contributed by atoms with E-state index in [0.717, 1.165) is 40.8 Å². The molecule has 1 heterocycles. The van der Waals surface area contributed by atoms with Crippen molar-refractivity contribution in [1.82, 2.24) is 4.90 Å². The largest absolute Gasteiger partial charge is 0.467 e. The normalized spacial score (nSPS) is 19.2. The van der Waals surface area contributed by atoms with Crippen LogP contribution in [-0.4, -0.2) is 42.4 Å². The molecule has 188 valence electrons. The maximum atomic E-state index is 13.2. The molecule has 0 aliphatic carbocycles. The number of methoxy groups -OCH3 is 1. The molecule has 0 aromatic heterocycles. The Morgan fingerprint density at radius 3 is 2.22 bits per heavy atom. The molecule has 0 spiro atoms. The van der Waals surface area contributed by atoms with Crippen LogP contribution in [0.5, 0.6) is 0 Å². The van der Waals surface area contributed by atoms with E-state index in [0.29, 0.717) is 13.0 Å². The highest BCUT2D eigenvalue weighted by atomic mass is 32.2. The van der Waals surface area contributed by atoms with Gasteiger partial charge in [-0.3, -0.25) is 4.90 Å². The van der Waals surface area contributed by atoms with Gasteiger partial charge in [0.2, 0.25) is 0 Å². The van der Waals surface area contributed by atoms with Gasteiger partial charge in [-0.2, -0.15) is 0 Å². The van der Waals surface area contributed by atoms with Gasteiger partial charge in [-0.15, -0.1) is 11.8 Å². The van der Waals surface area contributed by atoms with Crippen LogP contribution in [0.1, 0.15) is 37.3 Å². The lowest BCUT2D eigenvalue weighted by Gasteiger charge is -2.29. The fraction of sp³-hybridized carbons (Fsp3) is 0.333. The first kappa shape index (κ1) is 25.8. The molecule has 6 heteroatoms. The van der Waals surface area contributed by atoms with Gasteiger partial charge in [-0.05, 0) is 40.8 Å². The molecule has 1 fully saturated rings. The molecule has 4 rings (SSSR count). The summed E-state index contributed by atoms with van der Waals surface area (Å²) in [6.07, 6.45) is 2.14. The van der Waals surface area contributed by atoms with Gasteiger partial charge in [-0.25, -0.2) is 9.59 Å². The lowest BCUT2D eigenvalue weighted by molar-refractivity contribution is -0.145. The lowest BCUT2D eigenvalue weighted by atomic mass is 9.93. The highest BCUT2D eigenvalue weighted by Crippen LogP contribution is 2.48. The predicted molar refractivity (Wildman–Crippen MR) is 145 cm³/mol. The van der Waals surface area contributed by atoms with E-state index in [4.69, 9.17) is 9.47 Å². The smallest absolute Gasteiger partial charge is 0.410 e. The van der Waals surface area contributed by atoms with Crippen molar-refractivity contribution >= 4 is 23.8 Å². The summed E-state index contributed by atoms with van der Waals surface area (Å²) >= 11 is 1.82. The van der Waals surface area contributed by atoms with Crippen LogP contribution >= 0.6 is 11.8 Å². The number of hydrogen-bond donors (Lipinski definition) is 0. The molecule has 36 heavy (non-hydrogen) atoms. The quantitative estimate of drug-likeness (QED) is 0.241. The number of unbranched alkanes of at least 4 members (excludes halogenated alkanes) is 1. The number of benzene rings is 3. The van der Waals surface area contributed by atoms with Crippen LogP contribution < -0.4 is 0 Å². The summed E-state index contributed by atoms with van der Waals surface area (Å²) in [6.45, 7) is 2.71. The molecule has 1 amide bonds. The van der Waals surface area contributed by atoms with Crippen molar-refractivity contribution in [2.24, 2.45) is 0 Å². The Hall–Kier alpha value is -3.25. The van der Waals surface area contributed by atoms with E-state index in [1.807, 2.05) is 60.3 Å². The molecule has 5 nitrogen and oxygen atoms in total. The van der Waals surface area contributed by atoms with Crippen molar-refractivity contribution in [2.45, 2.75) is 43.6 Å². The first-order valence-corrected chi connectivity index (χ1v) is 13.4. The molecule has 0 unspecified atom stereocenters. The Bertz CT molecular complexity index is 1140. The minimum Gasteiger partial charge on any atom is -0.467 e. The van der Waals surface area contributed by atoms with Gasteiger partial charge in [0.15, 0.2) is 0 Å². The van der Waals surface area contributed by atoms with Crippen LogP contribution in [0.2, 0.25) is 0 Å². The highest BCUT2D eigenvalue weighted by Gasteiger charge is 2.51. The second-order valence-electron chi connectivity index (χ2n) is 9.05. The molecule has 0 radical (unpaired) electrons. The fourth-order valence-electron chi connectivity index (χ4n) is 4.62. The Labute approximate surface area is 217 Å². The molecule has 0 bridgehead atoms. The minimum absolute atomic E-state index is 0.159. The zero-order valence-electron chi connectivity index (χ0n) is 20.9. The van der Waals surface area contributed by atoms with E-state index in [1.165, 1.54) is 7.11 Å². The first-order valence-electron chi connectivity index (χ1n) is 12.4. The number of thioether (sulfide) groups is 1. The Balaban J connectivity index is 1.61. The summed E-state index contributed by atoms with van der Waals surface area (Å²) in [4.78, 5) is 27.6. The summed E-state index contributed by atoms with van der Waals surface area (Å²) in [5.74, 6) is 0.531. The van der Waals surface area contributed by atoms with Crippen LogP contribution in [0.4, 0.5) is 4.79 Å². The molecular formula is C30H33NO4S. The van der Waals surface area contributed by atoms with Crippen LogP contribution in [0.15, 0.2) is 84.9 Å². The van der Waals surface area contributed by atoms with E-state index in [9.17, 15) is 9.59 Å². The maximum Gasteiger partial charge on any atom is 0.410 e. The Kier molecular flexibility index (Phi) is 8.70. The van der Waals surface area contributed by atoms with Crippen molar-refractivity contribution < 1.29 is 19.1 Å². The maximum absolute atomic E-state index is 13.2. The second-order valence-corrected chi connectivity index (χ2v) is 10.5. The first-order chi connectivity index (χ1) is 17.6. The monoisotopic (exact) mass is 503 g/mol. The lowest BCUT2D eigenvalue weighted by Crippen LogP contribution is -2.41. The molecule has 1 aliphatic rings. The van der Waals surface area contributed by atoms with Gasteiger partial charge in [0.25, 0.3) is 0 Å². The minimum atomic E-state index is -0.693. The fourth-order valence-corrected chi connectivity index (χ4v) is 6.25. The van der Waals surface area contributed by atoms with Crippen molar-refractivity contribution in [2.75, 3.05) is 19.4 Å². The molecule has 3 aromatic rings. The number of rotatable bonds is 9. The molecular weight excluding hydrogens is 470 g/mol. The van der Waals surface area contributed by atoms with E-state index >= 15 is 0 Å². The second kappa shape index (κ2) is 12.1. The topological polar surface area (TPSA) is 55.8 Å². The number of amides is 1. The Morgan fingerprint density at radius 1 is 0.944 bits per heavy atom. The molecule has 2 atom stereocenters. The third-order valence-electron chi connectivity index (χ3n) is 6.63. The Morgan fingerprint density at radius 2 is 1.58 bits per heavy atom. The highest BCUT2D eigenvalue weighted by molar-refractivity contribution is 8.00. The number of esters is 1. The number of carbonyl (C=O) groups is 2. The number of hydrogen-bond acceptors (Lipinski definition) is 5. The zero-order valence-corrected chi connectivity index (χ0v) is 21.7. The zero-order chi connectivity index (χ0) is 25.4. The van der Waals surface area contributed by atoms with Crippen LogP contribution in [0.25, 0.3) is 11.1 Å². The van der Waals surface area contributed by atoms with Gasteiger partial charge < -0.3 is 9.47 Å². The van der Waals surface area contributed by atoms with E-state index in [1.54, 1.807) is 4.90 Å². The van der Waals surface area contributed by atoms with Gasteiger partial charge >= 0.3 is 12.1 Å². The standard InChI is InChI=1S/C30H33NO4S/c1-3-4-19-36-30(26-17-15-25(16-18-26)24-13-9-6-10-14-24)20-27(28(32)34-2)31(22-30)29(33)35-21-23-11-7-5-8-12-23/h5-18,27H,3-4,19-22H2,1-2H3/t27-,30+/m0/s1. The number of nitrogens with zero attached hydrogens (tertiary/aromatic N) is 1. The molecule has 3 aromatic carbocycles. The number of ether oxygens (including phenoxy) is 2. The summed E-state index contributed by atoms with van der Waals surface area (Å²) < 4.78 is 10.3. The third-order valence-corrected chi connectivity index (χ3v) is 8.21. The summed E-state index contributed by atoms with van der Waals surface area (Å²) in [5.41, 5.74) is 4.30. The van der Waals surface area contributed by atoms with Crippen molar-refractivity contribution in [3.63, 3.8) is 0 Å². The van der Waals surface area contributed by atoms with Crippen molar-refractivity contribution in [3.8, 4) is 11.1 Å². The molecule has 0 N–H and O–H groups in total. The summed E-state index contributed by atoms with van der Waals surface area (Å²) in [7, 11) is 1.37. The number of carbonyl (C=O) groups excluding carboxylic acids is 2. The van der Waals surface area contributed by atoms with Crippen molar-refractivity contribution in [1.29, 1.82) is 0 Å². The van der Waals surface area contributed by atoms with E-state index in [2.05, 4.69) is 43.3 Å². The van der Waals surface area contributed by atoms with Crippen LogP contribution in [0, 0.1) is 0 Å². The predicted octanol–water partition coefficient (Wildman–Crippen LogP) is 6.67. The summed E-state index contributed by atoms with van der Waals surface area (Å²) in [6, 6.07) is 27.6. The summed E-state index contributed by atoms with van der Waals surface area (Å²) in [5, 5.41) is 0. The van der Waals surface area contributed by atoms with Gasteiger partial charge in [0.05, 0.1) is 11.9 Å². The SMILES string of the molecule is CCCCS[C@]1(c2ccc(-c3ccccc3)cc2)C[C@@H](C(=O)OC)N(C(=O)OCc2ccccc2)C1.